The molecule has 1 saturated carbocycles. The molecule has 1 aliphatic rings. The highest BCUT2D eigenvalue weighted by Gasteiger charge is 2.30. The number of aromatic amines is 1. The van der Waals surface area contributed by atoms with Gasteiger partial charge < -0.3 is 15.4 Å². The molecule has 1 fully saturated rings. The van der Waals surface area contributed by atoms with Gasteiger partial charge in [0, 0.05) is 30.8 Å². The smallest absolute Gasteiger partial charge is 0.306 e. The number of nitrogens with one attached hydrogen (secondary N) is 2. The molecule has 0 spiro atoms. The third-order valence-corrected chi connectivity index (χ3v) is 3.64. The van der Waals surface area contributed by atoms with Crippen LogP contribution in [0.25, 0.3) is 0 Å². The van der Waals surface area contributed by atoms with Crippen LogP contribution in [0.15, 0.2) is 12.5 Å². The number of rotatable bonds is 5. The summed E-state index contributed by atoms with van der Waals surface area (Å²) in [6.07, 6.45) is 6.80. The normalized spacial score (nSPS) is 22.9. The minimum absolute atomic E-state index is 0.0227. The predicted molar refractivity (Wildman–Crippen MR) is 68.4 cm³/mol. The van der Waals surface area contributed by atoms with E-state index in [1.807, 2.05) is 0 Å². The minimum Gasteiger partial charge on any atom is -0.481 e. The van der Waals surface area contributed by atoms with Crippen molar-refractivity contribution in [2.45, 2.75) is 32.1 Å². The van der Waals surface area contributed by atoms with Crippen LogP contribution in [0.1, 0.15) is 31.4 Å². The fourth-order valence-corrected chi connectivity index (χ4v) is 2.54. The van der Waals surface area contributed by atoms with Crippen molar-refractivity contribution >= 4 is 11.9 Å². The molecule has 1 aromatic heterocycles. The topological polar surface area (TPSA) is 95.1 Å². The average Bonchev–Trinajstić information content (AvgIpc) is 2.92. The van der Waals surface area contributed by atoms with Gasteiger partial charge in [0.15, 0.2) is 0 Å². The Morgan fingerprint density at radius 2 is 2.21 bits per heavy atom. The van der Waals surface area contributed by atoms with Gasteiger partial charge in [0.2, 0.25) is 5.91 Å². The Bertz CT molecular complexity index is 430. The van der Waals surface area contributed by atoms with Gasteiger partial charge in [-0.3, -0.25) is 9.59 Å². The molecular weight excluding hydrogens is 246 g/mol. The number of aromatic nitrogens is 2. The Hall–Kier alpha value is -1.85. The van der Waals surface area contributed by atoms with E-state index >= 15 is 0 Å². The number of H-pyrrole nitrogens is 1. The molecule has 0 bridgehead atoms. The van der Waals surface area contributed by atoms with Crippen molar-refractivity contribution in [2.24, 2.45) is 11.8 Å². The van der Waals surface area contributed by atoms with E-state index in [2.05, 4.69) is 15.3 Å². The molecule has 1 aliphatic carbocycles. The summed E-state index contributed by atoms with van der Waals surface area (Å²) in [5.74, 6) is -1.32. The van der Waals surface area contributed by atoms with Gasteiger partial charge in [-0.25, -0.2) is 4.98 Å². The summed E-state index contributed by atoms with van der Waals surface area (Å²) in [7, 11) is 0. The molecule has 19 heavy (non-hydrogen) atoms. The number of imidazole rings is 1. The molecule has 3 N–H and O–H groups in total. The lowest BCUT2D eigenvalue weighted by atomic mass is 9.81. The third-order valence-electron chi connectivity index (χ3n) is 3.64. The van der Waals surface area contributed by atoms with Crippen molar-refractivity contribution in [1.29, 1.82) is 0 Å². The highest BCUT2D eigenvalue weighted by Crippen LogP contribution is 2.29. The van der Waals surface area contributed by atoms with Crippen molar-refractivity contribution < 1.29 is 14.7 Å². The van der Waals surface area contributed by atoms with Crippen LogP contribution in [0.5, 0.6) is 0 Å². The summed E-state index contributed by atoms with van der Waals surface area (Å²) in [5, 5.41) is 11.9. The Balaban J connectivity index is 1.74. The monoisotopic (exact) mass is 265 g/mol. The van der Waals surface area contributed by atoms with Gasteiger partial charge in [-0.2, -0.15) is 0 Å². The van der Waals surface area contributed by atoms with Gasteiger partial charge in [-0.15, -0.1) is 0 Å². The van der Waals surface area contributed by atoms with E-state index in [1.54, 1.807) is 12.5 Å². The van der Waals surface area contributed by atoms with Gasteiger partial charge in [-0.05, 0) is 19.3 Å². The maximum atomic E-state index is 12.0. The summed E-state index contributed by atoms with van der Waals surface area (Å²) in [6, 6.07) is 0. The lowest BCUT2D eigenvalue weighted by molar-refractivity contribution is -0.144. The standard InChI is InChI=1S/C13H19N3O3/c17-12(15-5-4-11-7-14-8-16-11)9-2-1-3-10(6-9)13(18)19/h7-10H,1-6H2,(H,14,16)(H,15,17)(H,18,19). The van der Waals surface area contributed by atoms with Crippen LogP contribution < -0.4 is 5.32 Å². The van der Waals surface area contributed by atoms with Crippen molar-refractivity contribution in [3.63, 3.8) is 0 Å². The van der Waals surface area contributed by atoms with Crippen molar-refractivity contribution in [1.82, 2.24) is 15.3 Å². The zero-order chi connectivity index (χ0) is 13.7. The Kier molecular flexibility index (Phi) is 4.54. The predicted octanol–water partition coefficient (Wildman–Crippen LogP) is 0.959. The highest BCUT2D eigenvalue weighted by molar-refractivity contribution is 5.80. The zero-order valence-corrected chi connectivity index (χ0v) is 10.8. The molecule has 2 rings (SSSR count). The van der Waals surface area contributed by atoms with E-state index in [4.69, 9.17) is 5.11 Å². The highest BCUT2D eigenvalue weighted by atomic mass is 16.4. The van der Waals surface area contributed by atoms with Crippen molar-refractivity contribution in [3.8, 4) is 0 Å². The molecular formula is C13H19N3O3. The van der Waals surface area contributed by atoms with Gasteiger partial charge in [0.1, 0.15) is 0 Å². The molecule has 1 heterocycles. The van der Waals surface area contributed by atoms with Gasteiger partial charge in [0.05, 0.1) is 12.2 Å². The van der Waals surface area contributed by atoms with Crippen molar-refractivity contribution in [2.75, 3.05) is 6.54 Å². The molecule has 6 heteroatoms. The van der Waals surface area contributed by atoms with Crippen LogP contribution in [-0.2, 0) is 16.0 Å². The number of carbonyl (C=O) groups excluding carboxylic acids is 1. The first-order valence-corrected chi connectivity index (χ1v) is 6.64. The number of hydrogen-bond donors (Lipinski definition) is 3. The Morgan fingerprint density at radius 3 is 2.89 bits per heavy atom. The van der Waals surface area contributed by atoms with Crippen LogP contribution in [0, 0.1) is 11.8 Å². The van der Waals surface area contributed by atoms with E-state index in [1.165, 1.54) is 0 Å². The van der Waals surface area contributed by atoms with Gasteiger partial charge in [0.25, 0.3) is 0 Å². The number of carbonyl (C=O) groups is 2. The molecule has 1 amide bonds. The number of carboxylic acid groups (broad SMARTS) is 1. The molecule has 1 aromatic rings. The molecule has 104 valence electrons. The lowest BCUT2D eigenvalue weighted by Crippen LogP contribution is -2.36. The van der Waals surface area contributed by atoms with Crippen LogP contribution in [0.4, 0.5) is 0 Å². The first-order valence-electron chi connectivity index (χ1n) is 6.64. The maximum absolute atomic E-state index is 12.0. The summed E-state index contributed by atoms with van der Waals surface area (Å²) < 4.78 is 0. The van der Waals surface area contributed by atoms with E-state index in [0.717, 1.165) is 18.5 Å². The van der Waals surface area contributed by atoms with Crippen LogP contribution >= 0.6 is 0 Å². The molecule has 6 nitrogen and oxygen atoms in total. The lowest BCUT2D eigenvalue weighted by Gasteiger charge is -2.25. The SMILES string of the molecule is O=C(O)C1CCCC(C(=O)NCCc2cnc[nH]2)C1. The van der Waals surface area contributed by atoms with Crippen LogP contribution in [0.3, 0.4) is 0 Å². The summed E-state index contributed by atoms with van der Waals surface area (Å²) in [6.45, 7) is 0.551. The van der Waals surface area contributed by atoms with E-state index < -0.39 is 5.97 Å². The summed E-state index contributed by atoms with van der Waals surface area (Å²) in [4.78, 5) is 29.8. The average molecular weight is 265 g/mol. The van der Waals surface area contributed by atoms with Crippen LogP contribution in [0.2, 0.25) is 0 Å². The Morgan fingerprint density at radius 1 is 1.42 bits per heavy atom. The molecule has 0 aromatic carbocycles. The maximum Gasteiger partial charge on any atom is 0.306 e. The second-order valence-corrected chi connectivity index (χ2v) is 5.02. The molecule has 0 radical (unpaired) electrons. The fraction of sp³-hybridized carbons (Fsp3) is 0.615. The quantitative estimate of drug-likeness (QED) is 0.739. The van der Waals surface area contributed by atoms with E-state index in [-0.39, 0.29) is 17.7 Å². The van der Waals surface area contributed by atoms with Crippen molar-refractivity contribution in [3.05, 3.63) is 18.2 Å². The molecule has 2 atom stereocenters. The number of amides is 1. The number of hydrogen-bond acceptors (Lipinski definition) is 3. The Labute approximate surface area is 111 Å². The second kappa shape index (κ2) is 6.36. The fourth-order valence-electron chi connectivity index (χ4n) is 2.54. The largest absolute Gasteiger partial charge is 0.481 e. The number of carboxylic acids is 1. The zero-order valence-electron chi connectivity index (χ0n) is 10.8. The molecule has 0 saturated heterocycles. The first kappa shape index (κ1) is 13.6. The summed E-state index contributed by atoms with van der Waals surface area (Å²) >= 11 is 0. The number of nitrogens with zero attached hydrogens (tertiary/aromatic N) is 1. The molecule has 0 aliphatic heterocycles. The second-order valence-electron chi connectivity index (χ2n) is 5.02. The van der Waals surface area contributed by atoms with Gasteiger partial charge in [-0.1, -0.05) is 6.42 Å². The summed E-state index contributed by atoms with van der Waals surface area (Å²) in [5.41, 5.74) is 0.979. The van der Waals surface area contributed by atoms with E-state index in [0.29, 0.717) is 25.8 Å². The third kappa shape index (κ3) is 3.81. The first-order chi connectivity index (χ1) is 9.16. The van der Waals surface area contributed by atoms with E-state index in [9.17, 15) is 9.59 Å². The number of aliphatic carboxylic acids is 1. The minimum atomic E-state index is -0.782. The van der Waals surface area contributed by atoms with Gasteiger partial charge >= 0.3 is 5.97 Å². The van der Waals surface area contributed by atoms with Crippen LogP contribution in [-0.4, -0.2) is 33.5 Å². The molecule has 2 unspecified atom stereocenters.